The smallest absolute Gasteiger partial charge is 0.327 e. The third-order valence-corrected chi connectivity index (χ3v) is 6.74. The summed E-state index contributed by atoms with van der Waals surface area (Å²) < 4.78 is 27.7. The number of rotatable bonds is 5. The zero-order chi connectivity index (χ0) is 19.8. The first-order chi connectivity index (χ1) is 12.7. The van der Waals surface area contributed by atoms with E-state index in [9.17, 15) is 18.3 Å². The van der Waals surface area contributed by atoms with Gasteiger partial charge in [0.1, 0.15) is 10.9 Å². The van der Waals surface area contributed by atoms with E-state index in [1.54, 1.807) is 24.3 Å². The summed E-state index contributed by atoms with van der Waals surface area (Å²) in [4.78, 5) is 11.5. The van der Waals surface area contributed by atoms with E-state index in [2.05, 4.69) is 0 Å². The van der Waals surface area contributed by atoms with Crippen molar-refractivity contribution in [1.82, 2.24) is 0 Å². The lowest BCUT2D eigenvalue weighted by Crippen LogP contribution is -2.43. The van der Waals surface area contributed by atoms with Crippen LogP contribution in [0, 0.1) is 0 Å². The molecule has 27 heavy (non-hydrogen) atoms. The molecule has 0 saturated heterocycles. The number of carboxylic acid groups (broad SMARTS) is 1. The summed E-state index contributed by atoms with van der Waals surface area (Å²) in [5.74, 6) is -1.29. The van der Waals surface area contributed by atoms with Crippen molar-refractivity contribution in [2.75, 3.05) is 4.31 Å². The van der Waals surface area contributed by atoms with E-state index >= 15 is 0 Å². The molecule has 0 aliphatic rings. The Balaban J connectivity index is 2.32. The molecule has 3 rings (SSSR count). The lowest BCUT2D eigenvalue weighted by Gasteiger charge is -2.29. The van der Waals surface area contributed by atoms with Crippen molar-refractivity contribution in [3.8, 4) is 0 Å². The number of hydrogen-bond donors (Lipinski definition) is 1. The summed E-state index contributed by atoms with van der Waals surface area (Å²) in [7, 11) is -4.31. The minimum absolute atomic E-state index is 0.0396. The molecule has 0 spiro atoms. The average molecular weight is 424 g/mol. The van der Waals surface area contributed by atoms with Crippen LogP contribution >= 0.6 is 23.2 Å². The molecule has 0 heterocycles. The van der Waals surface area contributed by atoms with Crippen LogP contribution in [0.15, 0.2) is 65.6 Å². The quantitative estimate of drug-likeness (QED) is 0.638. The number of carboxylic acids is 1. The highest BCUT2D eigenvalue weighted by molar-refractivity contribution is 7.93. The fraction of sp³-hybridized carbons (Fsp3) is 0.105. The van der Waals surface area contributed by atoms with E-state index in [4.69, 9.17) is 23.2 Å². The number of anilines is 1. The fourth-order valence-corrected chi connectivity index (χ4v) is 5.20. The molecule has 8 heteroatoms. The van der Waals surface area contributed by atoms with Gasteiger partial charge in [0, 0.05) is 10.4 Å². The molecule has 0 saturated carbocycles. The summed E-state index contributed by atoms with van der Waals surface area (Å²) >= 11 is 12.1. The molecule has 0 radical (unpaired) electrons. The number of carbonyl (C=O) groups is 1. The molecule has 1 N–H and O–H groups in total. The van der Waals surface area contributed by atoms with Crippen LogP contribution in [0.5, 0.6) is 0 Å². The van der Waals surface area contributed by atoms with Crippen LogP contribution in [0.1, 0.15) is 6.92 Å². The second-order valence-electron chi connectivity index (χ2n) is 5.89. The maximum atomic E-state index is 13.4. The number of aliphatic carboxylic acids is 1. The van der Waals surface area contributed by atoms with Crippen molar-refractivity contribution in [1.29, 1.82) is 0 Å². The molecule has 3 aromatic rings. The molecule has 0 bridgehead atoms. The average Bonchev–Trinajstić information content (AvgIpc) is 2.63. The fourth-order valence-electron chi connectivity index (χ4n) is 2.83. The topological polar surface area (TPSA) is 74.7 Å². The predicted octanol–water partition coefficient (Wildman–Crippen LogP) is 4.82. The number of halogens is 2. The van der Waals surface area contributed by atoms with Crippen LogP contribution in [0.4, 0.5) is 5.69 Å². The Morgan fingerprint density at radius 3 is 2.41 bits per heavy atom. The first-order valence-electron chi connectivity index (χ1n) is 7.93. The normalized spacial score (nSPS) is 12.7. The van der Waals surface area contributed by atoms with Crippen LogP contribution in [-0.4, -0.2) is 25.5 Å². The predicted molar refractivity (Wildman–Crippen MR) is 107 cm³/mol. The van der Waals surface area contributed by atoms with E-state index < -0.39 is 22.0 Å². The molecule has 140 valence electrons. The van der Waals surface area contributed by atoms with Crippen molar-refractivity contribution < 1.29 is 18.3 Å². The molecule has 0 fully saturated rings. The maximum Gasteiger partial charge on any atom is 0.327 e. The number of benzene rings is 3. The molecule has 3 aromatic carbocycles. The highest BCUT2D eigenvalue weighted by Gasteiger charge is 2.35. The van der Waals surface area contributed by atoms with E-state index in [1.165, 1.54) is 25.1 Å². The molecule has 0 aliphatic heterocycles. The summed E-state index contributed by atoms with van der Waals surface area (Å²) in [6.07, 6.45) is 0. The van der Waals surface area contributed by atoms with Gasteiger partial charge in [-0.05, 0) is 36.6 Å². The van der Waals surface area contributed by atoms with Gasteiger partial charge >= 0.3 is 5.97 Å². The Morgan fingerprint density at radius 2 is 1.70 bits per heavy atom. The molecule has 0 amide bonds. The summed E-state index contributed by atoms with van der Waals surface area (Å²) in [6.45, 7) is 1.31. The van der Waals surface area contributed by atoms with E-state index in [0.29, 0.717) is 5.39 Å². The van der Waals surface area contributed by atoms with Gasteiger partial charge in [-0.25, -0.2) is 13.2 Å². The van der Waals surface area contributed by atoms with Crippen LogP contribution in [-0.2, 0) is 14.8 Å². The molecular formula is C19H15Cl2NO4S. The number of nitrogens with zero attached hydrogens (tertiary/aromatic N) is 1. The van der Waals surface area contributed by atoms with Gasteiger partial charge in [-0.3, -0.25) is 4.31 Å². The number of hydrogen-bond acceptors (Lipinski definition) is 3. The van der Waals surface area contributed by atoms with Crippen LogP contribution in [0.2, 0.25) is 10.0 Å². The van der Waals surface area contributed by atoms with Crippen molar-refractivity contribution in [3.05, 3.63) is 70.7 Å². The molecule has 1 unspecified atom stereocenters. The van der Waals surface area contributed by atoms with Crippen molar-refractivity contribution in [2.24, 2.45) is 0 Å². The third-order valence-electron chi connectivity index (χ3n) is 4.14. The second-order valence-corrected chi connectivity index (χ2v) is 8.52. The highest BCUT2D eigenvalue weighted by Crippen LogP contribution is 2.35. The van der Waals surface area contributed by atoms with Crippen LogP contribution in [0.3, 0.4) is 0 Å². The van der Waals surface area contributed by atoms with Gasteiger partial charge in [-0.15, -0.1) is 0 Å². The van der Waals surface area contributed by atoms with E-state index in [-0.39, 0.29) is 20.6 Å². The van der Waals surface area contributed by atoms with Crippen molar-refractivity contribution >= 4 is 55.7 Å². The lowest BCUT2D eigenvalue weighted by atomic mass is 10.1. The van der Waals surface area contributed by atoms with Crippen molar-refractivity contribution in [2.45, 2.75) is 17.9 Å². The Bertz CT molecular complexity index is 1130. The number of sulfonamides is 1. The van der Waals surface area contributed by atoms with Crippen LogP contribution in [0.25, 0.3) is 10.8 Å². The molecular weight excluding hydrogens is 409 g/mol. The first-order valence-corrected chi connectivity index (χ1v) is 10.1. The Hall–Kier alpha value is -2.28. The summed E-state index contributed by atoms with van der Waals surface area (Å²) in [5, 5.41) is 11.1. The largest absolute Gasteiger partial charge is 0.480 e. The second kappa shape index (κ2) is 7.38. The molecule has 5 nitrogen and oxygen atoms in total. The van der Waals surface area contributed by atoms with Gasteiger partial charge in [-0.1, -0.05) is 59.6 Å². The standard InChI is InChI=1S/C19H15Cl2NO4S/c1-12(19(23)24)22(17-8-4-6-13-5-2-3-7-15(13)17)27(25,26)18-11-14(20)9-10-16(18)21/h2-12H,1H3,(H,23,24). The van der Waals surface area contributed by atoms with Gasteiger partial charge in [0.05, 0.1) is 10.7 Å². The zero-order valence-electron chi connectivity index (χ0n) is 14.1. The summed E-state index contributed by atoms with van der Waals surface area (Å²) in [6, 6.07) is 14.9. The lowest BCUT2D eigenvalue weighted by molar-refractivity contribution is -0.137. The SMILES string of the molecule is CC(C(=O)O)N(c1cccc2ccccc12)S(=O)(=O)c1cc(Cl)ccc1Cl. The first kappa shape index (κ1) is 19.5. The van der Waals surface area contributed by atoms with Gasteiger partial charge in [0.25, 0.3) is 10.0 Å². The monoisotopic (exact) mass is 423 g/mol. The minimum atomic E-state index is -4.31. The summed E-state index contributed by atoms with van der Waals surface area (Å²) in [5.41, 5.74) is 0.249. The zero-order valence-corrected chi connectivity index (χ0v) is 16.5. The van der Waals surface area contributed by atoms with Gasteiger partial charge in [0.2, 0.25) is 0 Å². The Labute approximate surface area is 166 Å². The van der Waals surface area contributed by atoms with Gasteiger partial charge < -0.3 is 5.11 Å². The van der Waals surface area contributed by atoms with Crippen LogP contribution < -0.4 is 4.31 Å². The van der Waals surface area contributed by atoms with Gasteiger partial charge in [0.15, 0.2) is 0 Å². The molecule has 1 atom stereocenters. The van der Waals surface area contributed by atoms with Gasteiger partial charge in [-0.2, -0.15) is 0 Å². The Morgan fingerprint density at radius 1 is 1.04 bits per heavy atom. The van der Waals surface area contributed by atoms with E-state index in [0.717, 1.165) is 9.69 Å². The third kappa shape index (κ3) is 3.60. The van der Waals surface area contributed by atoms with Crippen molar-refractivity contribution in [3.63, 3.8) is 0 Å². The Kier molecular flexibility index (Phi) is 5.33. The maximum absolute atomic E-state index is 13.4. The number of fused-ring (bicyclic) bond motifs is 1. The minimum Gasteiger partial charge on any atom is -0.480 e. The molecule has 0 aromatic heterocycles. The van der Waals surface area contributed by atoms with E-state index in [1.807, 2.05) is 18.2 Å². The highest BCUT2D eigenvalue weighted by atomic mass is 35.5. The molecule has 0 aliphatic carbocycles.